The highest BCUT2D eigenvalue weighted by molar-refractivity contribution is 6.03. The van der Waals surface area contributed by atoms with Gasteiger partial charge in [0.1, 0.15) is 17.4 Å². The van der Waals surface area contributed by atoms with Crippen molar-refractivity contribution >= 4 is 17.6 Å². The molecule has 3 atom stereocenters. The lowest BCUT2D eigenvalue weighted by molar-refractivity contribution is -0.126. The number of primary amides is 1. The van der Waals surface area contributed by atoms with Crippen molar-refractivity contribution in [1.29, 1.82) is 5.41 Å². The van der Waals surface area contributed by atoms with Gasteiger partial charge in [0.2, 0.25) is 11.8 Å². The van der Waals surface area contributed by atoms with Gasteiger partial charge < -0.3 is 21.1 Å². The van der Waals surface area contributed by atoms with Crippen LogP contribution in [0, 0.1) is 5.41 Å². The number of aliphatic hydroxyl groups excluding tert-OH is 1. The number of rotatable bonds is 3. The minimum atomic E-state index is -0.942. The first-order chi connectivity index (χ1) is 7.87. The molecule has 0 aromatic heterocycles. The standard InChI is InChI=1S/C10H16N4O3/c1-5(15)7(8(11)17)14-4-10(9(14)12)3-2-6(16)13-10/h5,7,12,15H,2-4H2,1H3,(H2,11,17)(H,13,16)/t5-,7+,10?/m1/s1. The van der Waals surface area contributed by atoms with E-state index in [1.165, 1.54) is 11.8 Å². The average molecular weight is 240 g/mol. The highest BCUT2D eigenvalue weighted by atomic mass is 16.3. The first-order valence-corrected chi connectivity index (χ1v) is 5.51. The van der Waals surface area contributed by atoms with Crippen LogP contribution in [-0.2, 0) is 9.59 Å². The molecule has 2 aliphatic heterocycles. The van der Waals surface area contributed by atoms with Crippen molar-refractivity contribution in [2.45, 2.75) is 37.5 Å². The summed E-state index contributed by atoms with van der Waals surface area (Å²) in [5.41, 5.74) is 4.56. The highest BCUT2D eigenvalue weighted by Gasteiger charge is 2.56. The number of amidine groups is 1. The quantitative estimate of drug-likeness (QED) is 0.463. The number of hydrogen-bond acceptors (Lipinski definition) is 4. The molecule has 5 N–H and O–H groups in total. The number of likely N-dealkylation sites (tertiary alicyclic amines) is 1. The zero-order chi connectivity index (χ0) is 12.8. The van der Waals surface area contributed by atoms with E-state index in [0.29, 0.717) is 19.4 Å². The Morgan fingerprint density at radius 3 is 2.71 bits per heavy atom. The molecule has 2 fully saturated rings. The van der Waals surface area contributed by atoms with Gasteiger partial charge in [-0.15, -0.1) is 0 Å². The van der Waals surface area contributed by atoms with Gasteiger partial charge in [0.15, 0.2) is 0 Å². The van der Waals surface area contributed by atoms with Crippen molar-refractivity contribution in [2.24, 2.45) is 5.73 Å². The second-order valence-corrected chi connectivity index (χ2v) is 4.69. The predicted molar refractivity (Wildman–Crippen MR) is 59.2 cm³/mol. The van der Waals surface area contributed by atoms with E-state index in [9.17, 15) is 14.7 Å². The van der Waals surface area contributed by atoms with Gasteiger partial charge in [0, 0.05) is 6.42 Å². The number of carbonyl (C=O) groups is 2. The van der Waals surface area contributed by atoms with Gasteiger partial charge in [-0.1, -0.05) is 0 Å². The second-order valence-electron chi connectivity index (χ2n) is 4.69. The Morgan fingerprint density at radius 1 is 1.71 bits per heavy atom. The maximum Gasteiger partial charge on any atom is 0.242 e. The molecular formula is C10H16N4O3. The van der Waals surface area contributed by atoms with Gasteiger partial charge >= 0.3 is 0 Å². The molecule has 7 nitrogen and oxygen atoms in total. The first-order valence-electron chi connectivity index (χ1n) is 5.51. The number of nitrogens with one attached hydrogen (secondary N) is 2. The van der Waals surface area contributed by atoms with Crippen LogP contribution in [0.2, 0.25) is 0 Å². The maximum absolute atomic E-state index is 11.2. The molecule has 2 aliphatic rings. The largest absolute Gasteiger partial charge is 0.391 e. The van der Waals surface area contributed by atoms with E-state index >= 15 is 0 Å². The third-order valence-corrected chi connectivity index (χ3v) is 3.42. The number of aliphatic hydroxyl groups is 1. The Bertz CT molecular complexity index is 395. The van der Waals surface area contributed by atoms with E-state index in [4.69, 9.17) is 11.1 Å². The fourth-order valence-electron chi connectivity index (χ4n) is 2.53. The summed E-state index contributed by atoms with van der Waals surface area (Å²) in [6.07, 6.45) is 0.0146. The zero-order valence-corrected chi connectivity index (χ0v) is 9.56. The lowest BCUT2D eigenvalue weighted by atomic mass is 9.84. The van der Waals surface area contributed by atoms with Crippen molar-refractivity contribution in [3.8, 4) is 0 Å². The molecule has 0 radical (unpaired) electrons. The zero-order valence-electron chi connectivity index (χ0n) is 9.56. The van der Waals surface area contributed by atoms with Gasteiger partial charge in [-0.2, -0.15) is 0 Å². The van der Waals surface area contributed by atoms with Crippen molar-refractivity contribution in [1.82, 2.24) is 10.2 Å². The molecule has 2 amide bonds. The summed E-state index contributed by atoms with van der Waals surface area (Å²) < 4.78 is 0. The molecule has 2 saturated heterocycles. The van der Waals surface area contributed by atoms with E-state index in [1.54, 1.807) is 0 Å². The van der Waals surface area contributed by atoms with Crippen LogP contribution >= 0.6 is 0 Å². The van der Waals surface area contributed by atoms with Crippen LogP contribution in [0.5, 0.6) is 0 Å². The van der Waals surface area contributed by atoms with Crippen LogP contribution in [0.15, 0.2) is 0 Å². The molecule has 94 valence electrons. The minimum absolute atomic E-state index is 0.0814. The van der Waals surface area contributed by atoms with Crippen LogP contribution in [0.3, 0.4) is 0 Å². The normalized spacial score (nSPS) is 31.1. The SMILES string of the molecule is C[C@@H](O)[C@@H](C(N)=O)N1CC2(CCC(=O)N2)C1=N. The lowest BCUT2D eigenvalue weighted by Crippen LogP contribution is -2.75. The third kappa shape index (κ3) is 1.66. The number of nitrogens with zero attached hydrogens (tertiary/aromatic N) is 1. The molecule has 2 heterocycles. The highest BCUT2D eigenvalue weighted by Crippen LogP contribution is 2.34. The van der Waals surface area contributed by atoms with Gasteiger partial charge in [-0.05, 0) is 13.3 Å². The lowest BCUT2D eigenvalue weighted by Gasteiger charge is -2.52. The molecule has 0 aliphatic carbocycles. The van der Waals surface area contributed by atoms with Crippen molar-refractivity contribution in [2.75, 3.05) is 6.54 Å². The fraction of sp³-hybridized carbons (Fsp3) is 0.700. The Kier molecular flexibility index (Phi) is 2.57. The number of hydrogen-bond donors (Lipinski definition) is 4. The maximum atomic E-state index is 11.2. The van der Waals surface area contributed by atoms with Gasteiger partial charge in [-0.3, -0.25) is 15.0 Å². The molecule has 0 aromatic carbocycles. The van der Waals surface area contributed by atoms with Crippen LogP contribution in [0.4, 0.5) is 0 Å². The summed E-state index contributed by atoms with van der Waals surface area (Å²) in [7, 11) is 0. The molecule has 0 aromatic rings. The first kappa shape index (κ1) is 11.8. The monoisotopic (exact) mass is 240 g/mol. The smallest absolute Gasteiger partial charge is 0.242 e. The molecule has 0 saturated carbocycles. The van der Waals surface area contributed by atoms with Crippen LogP contribution in [0.1, 0.15) is 19.8 Å². The fourth-order valence-corrected chi connectivity index (χ4v) is 2.53. The summed E-state index contributed by atoms with van der Waals surface area (Å²) >= 11 is 0. The Labute approximate surface area is 98.5 Å². The molecule has 1 spiro atoms. The van der Waals surface area contributed by atoms with Crippen LogP contribution in [-0.4, -0.2) is 51.9 Å². The number of carbonyl (C=O) groups excluding carboxylic acids is 2. The van der Waals surface area contributed by atoms with Crippen molar-refractivity contribution in [3.63, 3.8) is 0 Å². The Morgan fingerprint density at radius 2 is 2.35 bits per heavy atom. The summed E-state index contributed by atoms with van der Waals surface area (Å²) in [5.74, 6) is -0.584. The molecule has 0 bridgehead atoms. The topological polar surface area (TPSA) is 120 Å². The predicted octanol–water partition coefficient (Wildman–Crippen LogP) is -1.84. The third-order valence-electron chi connectivity index (χ3n) is 3.42. The molecule has 1 unspecified atom stereocenters. The summed E-state index contributed by atoms with van der Waals surface area (Å²) in [4.78, 5) is 23.8. The van der Waals surface area contributed by atoms with Crippen LogP contribution < -0.4 is 11.1 Å². The van der Waals surface area contributed by atoms with Gasteiger partial charge in [0.25, 0.3) is 0 Å². The summed E-state index contributed by atoms with van der Waals surface area (Å²) in [6.45, 7) is 1.82. The second kappa shape index (κ2) is 3.69. The van der Waals surface area contributed by atoms with E-state index < -0.39 is 23.6 Å². The van der Waals surface area contributed by atoms with E-state index in [0.717, 1.165) is 0 Å². The van der Waals surface area contributed by atoms with Crippen molar-refractivity contribution in [3.05, 3.63) is 0 Å². The van der Waals surface area contributed by atoms with E-state index in [-0.39, 0.29) is 11.7 Å². The van der Waals surface area contributed by atoms with Crippen LogP contribution in [0.25, 0.3) is 0 Å². The van der Waals surface area contributed by atoms with E-state index in [1.807, 2.05) is 0 Å². The average Bonchev–Trinajstić information content (AvgIpc) is 2.61. The van der Waals surface area contributed by atoms with E-state index in [2.05, 4.69) is 5.32 Å². The van der Waals surface area contributed by atoms with Crippen molar-refractivity contribution < 1.29 is 14.7 Å². The minimum Gasteiger partial charge on any atom is -0.391 e. The molecule has 17 heavy (non-hydrogen) atoms. The molecular weight excluding hydrogens is 224 g/mol. The Hall–Kier alpha value is -1.63. The molecule has 7 heteroatoms. The number of nitrogens with two attached hydrogens (primary N) is 1. The summed E-state index contributed by atoms with van der Waals surface area (Å²) in [6, 6.07) is -0.898. The summed E-state index contributed by atoms with van der Waals surface area (Å²) in [5, 5.41) is 20.2. The number of amides is 2. The van der Waals surface area contributed by atoms with Gasteiger partial charge in [-0.25, -0.2) is 0 Å². The van der Waals surface area contributed by atoms with Gasteiger partial charge in [0.05, 0.1) is 12.6 Å². The Balaban J connectivity index is 2.11. The molecule has 2 rings (SSSR count).